The number of hydrogen-bond donors (Lipinski definition) is 0. The van der Waals surface area contributed by atoms with E-state index in [1.807, 2.05) is 6.08 Å². The van der Waals surface area contributed by atoms with Crippen molar-refractivity contribution in [2.24, 2.45) is 0 Å². The number of unbranched alkanes of at least 4 members (excludes halogenated alkanes) is 2. The number of allylic oxidation sites excluding steroid dienone is 1. The Morgan fingerprint density at radius 3 is 2.42 bits per heavy atom. The first-order chi connectivity index (χ1) is 8.74. The van der Waals surface area contributed by atoms with E-state index >= 15 is 0 Å². The van der Waals surface area contributed by atoms with Crippen LogP contribution in [-0.4, -0.2) is 14.4 Å². The maximum absolute atomic E-state index is 6.40. The monoisotopic (exact) mass is 280 g/mol. The number of hydrogen-bond acceptors (Lipinski definition) is 1. The Kier molecular flexibility index (Phi) is 8.37. The summed E-state index contributed by atoms with van der Waals surface area (Å²) in [6.45, 7) is 17.4. The summed E-state index contributed by atoms with van der Waals surface area (Å²) in [5.74, 6) is 6.61. The van der Waals surface area contributed by atoms with Gasteiger partial charge in [0.15, 0.2) is 8.32 Å². The highest BCUT2D eigenvalue weighted by Crippen LogP contribution is 2.37. The fourth-order valence-corrected chi connectivity index (χ4v) is 2.66. The van der Waals surface area contributed by atoms with Crippen molar-refractivity contribution in [2.75, 3.05) is 0 Å². The molecule has 19 heavy (non-hydrogen) atoms. The third-order valence-corrected chi connectivity index (χ3v) is 8.28. The quantitative estimate of drug-likeness (QED) is 0.257. The van der Waals surface area contributed by atoms with Gasteiger partial charge < -0.3 is 4.43 Å². The van der Waals surface area contributed by atoms with Gasteiger partial charge in [0, 0.05) is 6.42 Å². The summed E-state index contributed by atoms with van der Waals surface area (Å²) in [5.41, 5.74) is 0. The van der Waals surface area contributed by atoms with Crippen LogP contribution in [0.5, 0.6) is 0 Å². The lowest BCUT2D eigenvalue weighted by Crippen LogP contribution is -2.43. The molecule has 0 saturated carbocycles. The highest BCUT2D eigenvalue weighted by Gasteiger charge is 2.38. The molecule has 0 aromatic rings. The predicted molar refractivity (Wildman–Crippen MR) is 88.8 cm³/mol. The van der Waals surface area contributed by atoms with Crippen LogP contribution >= 0.6 is 0 Å². The molecule has 0 radical (unpaired) electrons. The molecule has 0 N–H and O–H groups in total. The van der Waals surface area contributed by atoms with Gasteiger partial charge >= 0.3 is 0 Å². The van der Waals surface area contributed by atoms with E-state index in [9.17, 15) is 0 Å². The van der Waals surface area contributed by atoms with Crippen molar-refractivity contribution >= 4 is 8.32 Å². The Labute approximate surface area is 122 Å². The van der Waals surface area contributed by atoms with Crippen molar-refractivity contribution in [1.29, 1.82) is 0 Å². The predicted octanol–water partition coefficient (Wildman–Crippen LogP) is 5.54. The van der Waals surface area contributed by atoms with Crippen LogP contribution in [0.15, 0.2) is 12.7 Å². The van der Waals surface area contributed by atoms with Gasteiger partial charge in [-0.15, -0.1) is 12.5 Å². The zero-order chi connectivity index (χ0) is 14.9. The largest absolute Gasteiger partial charge is 0.403 e. The van der Waals surface area contributed by atoms with Gasteiger partial charge in [-0.05, 0) is 37.4 Å². The summed E-state index contributed by atoms with van der Waals surface area (Å²) >= 11 is 0. The normalized spacial score (nSPS) is 13.6. The molecule has 0 aliphatic rings. The minimum Gasteiger partial charge on any atom is -0.403 e. The molecule has 110 valence electrons. The second kappa shape index (κ2) is 8.61. The summed E-state index contributed by atoms with van der Waals surface area (Å²) in [6.07, 6.45) is 7.35. The molecule has 1 unspecified atom stereocenters. The molecule has 0 rings (SSSR count). The van der Waals surface area contributed by atoms with Crippen LogP contribution in [0.1, 0.15) is 59.8 Å². The van der Waals surface area contributed by atoms with Gasteiger partial charge in [0.2, 0.25) is 0 Å². The minimum absolute atomic E-state index is 0.0794. The average Bonchev–Trinajstić information content (AvgIpc) is 2.29. The zero-order valence-electron chi connectivity index (χ0n) is 13.8. The van der Waals surface area contributed by atoms with Crippen molar-refractivity contribution in [1.82, 2.24) is 0 Å². The molecule has 1 atom stereocenters. The van der Waals surface area contributed by atoms with E-state index in [1.165, 1.54) is 12.8 Å². The van der Waals surface area contributed by atoms with E-state index in [4.69, 9.17) is 4.43 Å². The van der Waals surface area contributed by atoms with E-state index in [2.05, 4.69) is 59.2 Å². The Morgan fingerprint density at radius 1 is 1.32 bits per heavy atom. The first-order valence-electron chi connectivity index (χ1n) is 7.51. The van der Waals surface area contributed by atoms with Crippen LogP contribution in [0.4, 0.5) is 0 Å². The fraction of sp³-hybridized carbons (Fsp3) is 0.765. The maximum Gasteiger partial charge on any atom is 0.193 e. The van der Waals surface area contributed by atoms with Gasteiger partial charge in [0.25, 0.3) is 0 Å². The van der Waals surface area contributed by atoms with Crippen molar-refractivity contribution < 1.29 is 4.43 Å². The zero-order valence-corrected chi connectivity index (χ0v) is 14.8. The van der Waals surface area contributed by atoms with Crippen LogP contribution in [-0.2, 0) is 4.43 Å². The van der Waals surface area contributed by atoms with Crippen LogP contribution in [0, 0.1) is 11.8 Å². The molecule has 0 spiro atoms. The standard InChI is InChI=1S/C17H32OSi/c1-8-10-12-13-15-16(14-11-9-2)18-19(6,7)17(3,4)5/h9,16H,2,8,10-12,14H2,1,3-7H3. The Balaban J connectivity index is 4.65. The highest BCUT2D eigenvalue weighted by molar-refractivity contribution is 6.74. The lowest BCUT2D eigenvalue weighted by Gasteiger charge is -2.38. The van der Waals surface area contributed by atoms with E-state index in [1.54, 1.807) is 0 Å². The summed E-state index contributed by atoms with van der Waals surface area (Å²) in [5, 5.41) is 0.241. The molecule has 0 aliphatic carbocycles. The Hall–Kier alpha value is -0.523. The topological polar surface area (TPSA) is 9.23 Å². The molecule has 0 heterocycles. The smallest absolute Gasteiger partial charge is 0.193 e. The summed E-state index contributed by atoms with van der Waals surface area (Å²) < 4.78 is 6.40. The lowest BCUT2D eigenvalue weighted by molar-refractivity contribution is 0.224. The maximum atomic E-state index is 6.40. The molecule has 0 bridgehead atoms. The molecule has 0 aromatic carbocycles. The van der Waals surface area contributed by atoms with Crippen molar-refractivity contribution in [3.63, 3.8) is 0 Å². The second-order valence-corrected chi connectivity index (χ2v) is 11.4. The van der Waals surface area contributed by atoms with Crippen molar-refractivity contribution in [3.05, 3.63) is 12.7 Å². The summed E-state index contributed by atoms with van der Waals surface area (Å²) in [4.78, 5) is 0. The van der Waals surface area contributed by atoms with Crippen molar-refractivity contribution in [2.45, 2.75) is 84.0 Å². The van der Waals surface area contributed by atoms with Crippen LogP contribution in [0.3, 0.4) is 0 Å². The molecule has 0 saturated heterocycles. The molecular weight excluding hydrogens is 248 g/mol. The average molecular weight is 281 g/mol. The van der Waals surface area contributed by atoms with Gasteiger partial charge in [-0.1, -0.05) is 46.1 Å². The molecule has 0 fully saturated rings. The van der Waals surface area contributed by atoms with E-state index in [-0.39, 0.29) is 11.1 Å². The fourth-order valence-electron chi connectivity index (χ4n) is 1.41. The summed E-state index contributed by atoms with van der Waals surface area (Å²) in [6, 6.07) is 0. The lowest BCUT2D eigenvalue weighted by atomic mass is 10.2. The number of rotatable bonds is 7. The first kappa shape index (κ1) is 18.5. The third kappa shape index (κ3) is 7.60. The summed E-state index contributed by atoms with van der Waals surface area (Å²) in [7, 11) is -1.72. The van der Waals surface area contributed by atoms with Gasteiger partial charge in [-0.3, -0.25) is 0 Å². The SMILES string of the molecule is C=CCCC(C#CCCCC)O[Si](C)(C)C(C)(C)C. The van der Waals surface area contributed by atoms with Crippen LogP contribution in [0.2, 0.25) is 18.1 Å². The molecule has 2 heteroatoms. The van der Waals surface area contributed by atoms with Gasteiger partial charge in [-0.2, -0.15) is 0 Å². The van der Waals surface area contributed by atoms with E-state index in [0.717, 1.165) is 19.3 Å². The van der Waals surface area contributed by atoms with E-state index in [0.29, 0.717) is 0 Å². The van der Waals surface area contributed by atoms with Crippen molar-refractivity contribution in [3.8, 4) is 11.8 Å². The van der Waals surface area contributed by atoms with Gasteiger partial charge in [0.1, 0.15) is 6.10 Å². The minimum atomic E-state index is -1.72. The molecule has 0 aliphatic heterocycles. The van der Waals surface area contributed by atoms with Gasteiger partial charge in [-0.25, -0.2) is 0 Å². The van der Waals surface area contributed by atoms with Crippen LogP contribution < -0.4 is 0 Å². The van der Waals surface area contributed by atoms with Gasteiger partial charge in [0.05, 0.1) is 0 Å². The Bertz CT molecular complexity index is 314. The van der Waals surface area contributed by atoms with E-state index < -0.39 is 8.32 Å². The molecule has 1 nitrogen and oxygen atoms in total. The van der Waals surface area contributed by atoms with Crippen LogP contribution in [0.25, 0.3) is 0 Å². The second-order valence-electron chi connectivity index (χ2n) is 6.66. The first-order valence-corrected chi connectivity index (χ1v) is 10.4. The third-order valence-electron chi connectivity index (χ3n) is 3.79. The Morgan fingerprint density at radius 2 is 1.95 bits per heavy atom. The molecule has 0 aromatic heterocycles. The molecule has 0 amide bonds. The molecular formula is C17H32OSi. The highest BCUT2D eigenvalue weighted by atomic mass is 28.4.